The molecule has 0 radical (unpaired) electrons. The van der Waals surface area contributed by atoms with Gasteiger partial charge in [-0.2, -0.15) is 0 Å². The normalized spacial score (nSPS) is 10.7. The van der Waals surface area contributed by atoms with Gasteiger partial charge >= 0.3 is 5.97 Å². The predicted octanol–water partition coefficient (Wildman–Crippen LogP) is 4.30. The first kappa shape index (κ1) is 25.4. The van der Waals surface area contributed by atoms with Crippen LogP contribution in [0, 0.1) is 20.8 Å². The Hall–Kier alpha value is -4.72. The van der Waals surface area contributed by atoms with Crippen LogP contribution in [-0.4, -0.2) is 30.9 Å². The fourth-order valence-corrected chi connectivity index (χ4v) is 3.85. The van der Waals surface area contributed by atoms with E-state index in [2.05, 4.69) is 10.6 Å². The molecule has 0 saturated carbocycles. The van der Waals surface area contributed by atoms with Gasteiger partial charge in [0.1, 0.15) is 11.3 Å². The molecule has 1 aromatic heterocycles. The molecule has 4 rings (SSSR count). The van der Waals surface area contributed by atoms with Crippen molar-refractivity contribution >= 4 is 34.4 Å². The number of ether oxygens (including phenoxy) is 1. The molecule has 0 spiro atoms. The molecule has 8 nitrogen and oxygen atoms in total. The Bertz CT molecular complexity index is 1560. The molecule has 8 heteroatoms. The van der Waals surface area contributed by atoms with Crippen LogP contribution in [0.4, 0.5) is 5.69 Å². The summed E-state index contributed by atoms with van der Waals surface area (Å²) < 4.78 is 11.2. The van der Waals surface area contributed by atoms with Gasteiger partial charge in [0.2, 0.25) is 5.91 Å². The minimum atomic E-state index is -0.827. The van der Waals surface area contributed by atoms with Gasteiger partial charge in [0, 0.05) is 16.8 Å². The van der Waals surface area contributed by atoms with Crippen LogP contribution in [0.5, 0.6) is 0 Å². The number of hydrogen-bond acceptors (Lipinski definition) is 6. The van der Waals surface area contributed by atoms with Crippen molar-refractivity contribution in [3.63, 3.8) is 0 Å². The number of benzene rings is 3. The summed E-state index contributed by atoms with van der Waals surface area (Å²) in [6, 6.07) is 19.2. The molecule has 0 unspecified atom stereocenters. The molecule has 4 aromatic rings. The Morgan fingerprint density at radius 1 is 0.838 bits per heavy atom. The van der Waals surface area contributed by atoms with E-state index < -0.39 is 24.4 Å². The van der Waals surface area contributed by atoms with Crippen molar-refractivity contribution < 1.29 is 23.5 Å². The highest BCUT2D eigenvalue weighted by Gasteiger charge is 2.20. The van der Waals surface area contributed by atoms with Crippen LogP contribution >= 0.6 is 0 Å². The van der Waals surface area contributed by atoms with E-state index in [0.717, 1.165) is 11.1 Å². The molecular weight excluding hydrogens is 472 g/mol. The number of aryl methyl sites for hydroxylation is 1. The van der Waals surface area contributed by atoms with E-state index in [9.17, 15) is 19.2 Å². The highest BCUT2D eigenvalue weighted by Crippen LogP contribution is 2.27. The first-order chi connectivity index (χ1) is 17.8. The van der Waals surface area contributed by atoms with Crippen LogP contribution in [0.2, 0.25) is 0 Å². The van der Waals surface area contributed by atoms with Gasteiger partial charge in [-0.3, -0.25) is 14.4 Å². The first-order valence-electron chi connectivity index (χ1n) is 11.7. The summed E-state index contributed by atoms with van der Waals surface area (Å²) in [6.45, 7) is 4.61. The molecule has 188 valence electrons. The standard InChI is InChI=1S/C29H26N2O6/c1-17-9-7-14-23(18(17)2)31-24(32)15-30-25(33)16-36-29(35)22-13-8-12-21-26(34)19(3)27(37-28(21)22)20-10-5-4-6-11-20/h4-14H,15-16H2,1-3H3,(H,30,33)(H,31,32). The van der Waals surface area contributed by atoms with Gasteiger partial charge in [-0.15, -0.1) is 0 Å². The summed E-state index contributed by atoms with van der Waals surface area (Å²) in [5.74, 6) is -1.53. The Balaban J connectivity index is 1.43. The maximum atomic E-state index is 13.0. The number of rotatable bonds is 7. The Labute approximate surface area is 213 Å². The SMILES string of the molecule is Cc1cccc(NC(=O)CNC(=O)COC(=O)c2cccc3c(=O)c(C)c(-c4ccccc4)oc23)c1C. The minimum absolute atomic E-state index is 0.0206. The summed E-state index contributed by atoms with van der Waals surface area (Å²) >= 11 is 0. The highest BCUT2D eigenvalue weighted by molar-refractivity contribution is 6.03. The fourth-order valence-electron chi connectivity index (χ4n) is 3.85. The van der Waals surface area contributed by atoms with Crippen LogP contribution in [0.25, 0.3) is 22.3 Å². The largest absolute Gasteiger partial charge is 0.455 e. The van der Waals surface area contributed by atoms with Crippen molar-refractivity contribution in [1.29, 1.82) is 0 Å². The maximum absolute atomic E-state index is 13.0. The summed E-state index contributed by atoms with van der Waals surface area (Å²) in [4.78, 5) is 50.2. The van der Waals surface area contributed by atoms with Crippen molar-refractivity contribution in [2.24, 2.45) is 0 Å². The topological polar surface area (TPSA) is 115 Å². The number of nitrogens with one attached hydrogen (secondary N) is 2. The summed E-state index contributed by atoms with van der Waals surface area (Å²) in [7, 11) is 0. The zero-order valence-electron chi connectivity index (χ0n) is 20.7. The summed E-state index contributed by atoms with van der Waals surface area (Å²) in [6.07, 6.45) is 0. The molecule has 0 aliphatic rings. The van der Waals surface area contributed by atoms with Crippen molar-refractivity contribution in [3.8, 4) is 11.3 Å². The smallest absolute Gasteiger partial charge is 0.342 e. The number of esters is 1. The Morgan fingerprint density at radius 3 is 2.32 bits per heavy atom. The second kappa shape index (κ2) is 10.9. The van der Waals surface area contributed by atoms with E-state index in [4.69, 9.17) is 9.15 Å². The average Bonchev–Trinajstić information content (AvgIpc) is 2.91. The third kappa shape index (κ3) is 5.59. The third-order valence-electron chi connectivity index (χ3n) is 6.06. The second-order valence-electron chi connectivity index (χ2n) is 8.58. The number of carbonyl (C=O) groups is 3. The zero-order chi connectivity index (χ0) is 26.5. The summed E-state index contributed by atoms with van der Waals surface area (Å²) in [5.41, 5.74) is 3.58. The Morgan fingerprint density at radius 2 is 1.57 bits per heavy atom. The van der Waals surface area contributed by atoms with Crippen LogP contribution in [-0.2, 0) is 14.3 Å². The maximum Gasteiger partial charge on any atom is 0.342 e. The zero-order valence-corrected chi connectivity index (χ0v) is 20.7. The van der Waals surface area contributed by atoms with E-state index >= 15 is 0 Å². The lowest BCUT2D eigenvalue weighted by atomic mass is 10.0. The molecule has 2 N–H and O–H groups in total. The molecule has 0 aliphatic carbocycles. The molecule has 0 saturated heterocycles. The molecule has 37 heavy (non-hydrogen) atoms. The lowest BCUT2D eigenvalue weighted by Crippen LogP contribution is -2.35. The molecular formula is C29H26N2O6. The number of carbonyl (C=O) groups excluding carboxylic acids is 3. The van der Waals surface area contributed by atoms with E-state index in [-0.39, 0.29) is 28.5 Å². The molecule has 2 amide bonds. The molecule has 0 aliphatic heterocycles. The van der Waals surface area contributed by atoms with Gasteiger partial charge in [0.05, 0.1) is 11.9 Å². The van der Waals surface area contributed by atoms with Crippen molar-refractivity contribution in [1.82, 2.24) is 5.32 Å². The first-order valence-corrected chi connectivity index (χ1v) is 11.7. The minimum Gasteiger partial charge on any atom is -0.455 e. The van der Waals surface area contributed by atoms with E-state index in [1.807, 2.05) is 44.2 Å². The van der Waals surface area contributed by atoms with E-state index in [0.29, 0.717) is 22.6 Å². The predicted molar refractivity (Wildman–Crippen MR) is 140 cm³/mol. The summed E-state index contributed by atoms with van der Waals surface area (Å²) in [5, 5.41) is 5.40. The molecule has 0 atom stereocenters. The highest BCUT2D eigenvalue weighted by atomic mass is 16.5. The third-order valence-corrected chi connectivity index (χ3v) is 6.06. The number of anilines is 1. The second-order valence-corrected chi connectivity index (χ2v) is 8.58. The van der Waals surface area contributed by atoms with E-state index in [1.165, 1.54) is 6.07 Å². The molecule has 1 heterocycles. The molecule has 3 aromatic carbocycles. The van der Waals surface area contributed by atoms with Gasteiger partial charge in [0.15, 0.2) is 17.6 Å². The van der Waals surface area contributed by atoms with Crippen molar-refractivity contribution in [3.05, 3.63) is 99.2 Å². The average molecular weight is 499 g/mol. The lowest BCUT2D eigenvalue weighted by Gasteiger charge is -2.12. The monoisotopic (exact) mass is 498 g/mol. The number of hydrogen-bond donors (Lipinski definition) is 2. The van der Waals surface area contributed by atoms with Gasteiger partial charge in [-0.1, -0.05) is 48.5 Å². The van der Waals surface area contributed by atoms with Gasteiger partial charge in [0.25, 0.3) is 5.91 Å². The van der Waals surface area contributed by atoms with Gasteiger partial charge in [-0.05, 0) is 50.1 Å². The molecule has 0 fully saturated rings. The van der Waals surface area contributed by atoms with Crippen molar-refractivity contribution in [2.45, 2.75) is 20.8 Å². The number of para-hydroxylation sites is 1. The number of fused-ring (bicyclic) bond motifs is 1. The van der Waals surface area contributed by atoms with Crippen LogP contribution in [0.1, 0.15) is 27.0 Å². The molecule has 0 bridgehead atoms. The van der Waals surface area contributed by atoms with Gasteiger partial charge in [-0.25, -0.2) is 4.79 Å². The van der Waals surface area contributed by atoms with Crippen LogP contribution in [0.3, 0.4) is 0 Å². The van der Waals surface area contributed by atoms with Crippen LogP contribution in [0.15, 0.2) is 75.9 Å². The van der Waals surface area contributed by atoms with Gasteiger partial charge < -0.3 is 19.8 Å². The Kier molecular flexibility index (Phi) is 7.48. The van der Waals surface area contributed by atoms with Crippen molar-refractivity contribution in [2.75, 3.05) is 18.5 Å². The quantitative estimate of drug-likeness (QED) is 0.367. The number of amides is 2. The lowest BCUT2D eigenvalue weighted by molar-refractivity contribution is -0.126. The van der Waals surface area contributed by atoms with E-state index in [1.54, 1.807) is 37.3 Å². The fraction of sp³-hybridized carbons (Fsp3) is 0.172. The van der Waals surface area contributed by atoms with Crippen LogP contribution < -0.4 is 16.1 Å².